The Labute approximate surface area is 116 Å². The molecule has 0 saturated heterocycles. The van der Waals surface area contributed by atoms with E-state index in [0.29, 0.717) is 0 Å². The zero-order chi connectivity index (χ0) is 13.1. The average Bonchev–Trinajstić information content (AvgIpc) is 3.09. The van der Waals surface area contributed by atoms with Crippen molar-refractivity contribution < 1.29 is 4.74 Å². The molecule has 4 heteroatoms. The molecule has 96 valence electrons. The molecule has 0 N–H and O–H groups in total. The van der Waals surface area contributed by atoms with E-state index in [9.17, 15) is 0 Å². The Hall–Kier alpha value is -2.07. The van der Waals surface area contributed by atoms with Crippen molar-refractivity contribution in [2.45, 2.75) is 6.54 Å². The standard InChI is InChI=1S/C15H14N2OS/c1-18-13-5-2-4-12(10-13)11-17-8-7-14(16-17)15-6-3-9-19-15/h2-10H,11H2,1H3. The lowest BCUT2D eigenvalue weighted by Crippen LogP contribution is -2.00. The highest BCUT2D eigenvalue weighted by Crippen LogP contribution is 2.22. The van der Waals surface area contributed by atoms with Gasteiger partial charge in [-0.3, -0.25) is 4.68 Å². The maximum absolute atomic E-state index is 5.23. The third kappa shape index (κ3) is 2.69. The van der Waals surface area contributed by atoms with Gasteiger partial charge >= 0.3 is 0 Å². The van der Waals surface area contributed by atoms with Crippen LogP contribution in [0, 0.1) is 0 Å². The van der Waals surface area contributed by atoms with Crippen LogP contribution in [0.5, 0.6) is 5.75 Å². The molecule has 3 rings (SSSR count). The summed E-state index contributed by atoms with van der Waals surface area (Å²) in [5.74, 6) is 0.878. The molecule has 0 spiro atoms. The zero-order valence-corrected chi connectivity index (χ0v) is 11.4. The van der Waals surface area contributed by atoms with Gasteiger partial charge in [0.05, 0.1) is 18.5 Å². The molecule has 0 unspecified atom stereocenters. The minimum Gasteiger partial charge on any atom is -0.497 e. The van der Waals surface area contributed by atoms with E-state index in [1.807, 2.05) is 41.2 Å². The quantitative estimate of drug-likeness (QED) is 0.723. The van der Waals surface area contributed by atoms with E-state index in [-0.39, 0.29) is 0 Å². The van der Waals surface area contributed by atoms with Crippen LogP contribution in [0.15, 0.2) is 54.0 Å². The van der Waals surface area contributed by atoms with Crippen molar-refractivity contribution in [3.63, 3.8) is 0 Å². The van der Waals surface area contributed by atoms with Crippen molar-refractivity contribution in [1.82, 2.24) is 9.78 Å². The van der Waals surface area contributed by atoms with Gasteiger partial charge in [-0.15, -0.1) is 11.3 Å². The minimum absolute atomic E-state index is 0.753. The third-order valence-corrected chi connectivity index (χ3v) is 3.79. The van der Waals surface area contributed by atoms with E-state index in [1.165, 1.54) is 10.4 Å². The summed E-state index contributed by atoms with van der Waals surface area (Å²) >= 11 is 1.71. The van der Waals surface area contributed by atoms with Crippen molar-refractivity contribution in [2.24, 2.45) is 0 Å². The molecule has 0 saturated carbocycles. The average molecular weight is 270 g/mol. The van der Waals surface area contributed by atoms with Gasteiger partial charge in [0.25, 0.3) is 0 Å². The van der Waals surface area contributed by atoms with Crippen molar-refractivity contribution in [1.29, 1.82) is 0 Å². The Morgan fingerprint density at radius 2 is 2.16 bits per heavy atom. The fourth-order valence-corrected chi connectivity index (χ4v) is 2.65. The number of aromatic nitrogens is 2. The highest BCUT2D eigenvalue weighted by atomic mass is 32.1. The first-order valence-electron chi connectivity index (χ1n) is 6.05. The molecular weight excluding hydrogens is 256 g/mol. The summed E-state index contributed by atoms with van der Waals surface area (Å²) in [6.07, 6.45) is 2.01. The van der Waals surface area contributed by atoms with Crippen molar-refractivity contribution in [3.8, 4) is 16.3 Å². The Bertz CT molecular complexity index is 658. The monoisotopic (exact) mass is 270 g/mol. The second-order valence-electron chi connectivity index (χ2n) is 4.23. The molecule has 0 amide bonds. The summed E-state index contributed by atoms with van der Waals surface area (Å²) in [5, 5.41) is 6.66. The maximum Gasteiger partial charge on any atom is 0.119 e. The molecule has 0 aliphatic carbocycles. The lowest BCUT2D eigenvalue weighted by atomic mass is 10.2. The van der Waals surface area contributed by atoms with Gasteiger partial charge in [-0.25, -0.2) is 0 Å². The second-order valence-corrected chi connectivity index (χ2v) is 5.18. The first-order chi connectivity index (χ1) is 9.35. The van der Waals surface area contributed by atoms with Gasteiger partial charge in [-0.2, -0.15) is 5.10 Å². The van der Waals surface area contributed by atoms with E-state index >= 15 is 0 Å². The van der Waals surface area contributed by atoms with Gasteiger partial charge in [0.15, 0.2) is 0 Å². The molecule has 0 fully saturated rings. The molecule has 19 heavy (non-hydrogen) atoms. The molecule has 0 aliphatic rings. The van der Waals surface area contributed by atoms with Gasteiger partial charge in [-0.05, 0) is 35.2 Å². The Morgan fingerprint density at radius 3 is 2.95 bits per heavy atom. The van der Waals surface area contributed by atoms with Crippen molar-refractivity contribution in [2.75, 3.05) is 7.11 Å². The topological polar surface area (TPSA) is 27.1 Å². The Balaban J connectivity index is 1.80. The maximum atomic E-state index is 5.23. The number of benzene rings is 1. The third-order valence-electron chi connectivity index (χ3n) is 2.89. The Morgan fingerprint density at radius 1 is 1.21 bits per heavy atom. The smallest absolute Gasteiger partial charge is 0.119 e. The first kappa shape index (κ1) is 12.0. The van der Waals surface area contributed by atoms with Crippen LogP contribution in [0.3, 0.4) is 0 Å². The lowest BCUT2D eigenvalue weighted by Gasteiger charge is -2.04. The van der Waals surface area contributed by atoms with Crippen LogP contribution in [0.2, 0.25) is 0 Å². The van der Waals surface area contributed by atoms with Crippen LogP contribution >= 0.6 is 11.3 Å². The fraction of sp³-hybridized carbons (Fsp3) is 0.133. The van der Waals surface area contributed by atoms with E-state index in [0.717, 1.165) is 18.0 Å². The summed E-state index contributed by atoms with van der Waals surface area (Å²) in [6.45, 7) is 0.753. The highest BCUT2D eigenvalue weighted by Gasteiger charge is 2.04. The van der Waals surface area contributed by atoms with Gasteiger partial charge in [0.1, 0.15) is 11.4 Å². The Kier molecular flexibility index (Phi) is 3.33. The predicted octanol–water partition coefficient (Wildman–Crippen LogP) is 3.67. The first-order valence-corrected chi connectivity index (χ1v) is 6.93. The van der Waals surface area contributed by atoms with Crippen LogP contribution < -0.4 is 4.74 Å². The molecule has 3 nitrogen and oxygen atoms in total. The van der Waals surface area contributed by atoms with Crippen LogP contribution in [-0.4, -0.2) is 16.9 Å². The minimum atomic E-state index is 0.753. The molecule has 3 aromatic rings. The predicted molar refractivity (Wildman–Crippen MR) is 77.6 cm³/mol. The summed E-state index contributed by atoms with van der Waals surface area (Å²) in [7, 11) is 1.68. The van der Waals surface area contributed by atoms with Crippen LogP contribution in [0.4, 0.5) is 0 Å². The summed E-state index contributed by atoms with van der Waals surface area (Å²) in [4.78, 5) is 1.20. The fourth-order valence-electron chi connectivity index (χ4n) is 1.96. The van der Waals surface area contributed by atoms with Crippen LogP contribution in [0.25, 0.3) is 10.6 Å². The summed E-state index contributed by atoms with van der Waals surface area (Å²) in [5.41, 5.74) is 2.21. The molecular formula is C15H14N2OS. The molecule has 0 atom stereocenters. The van der Waals surface area contributed by atoms with Gasteiger partial charge in [-0.1, -0.05) is 18.2 Å². The van der Waals surface area contributed by atoms with Gasteiger partial charge in [0.2, 0.25) is 0 Å². The molecule has 1 aromatic carbocycles. The van der Waals surface area contributed by atoms with Gasteiger partial charge < -0.3 is 4.74 Å². The van der Waals surface area contributed by atoms with Gasteiger partial charge in [0, 0.05) is 6.20 Å². The lowest BCUT2D eigenvalue weighted by molar-refractivity contribution is 0.414. The molecule has 0 bridgehead atoms. The van der Waals surface area contributed by atoms with E-state index in [1.54, 1.807) is 18.4 Å². The number of rotatable bonds is 4. The summed E-state index contributed by atoms with van der Waals surface area (Å²) in [6, 6.07) is 14.2. The zero-order valence-electron chi connectivity index (χ0n) is 10.6. The van der Waals surface area contributed by atoms with E-state index in [4.69, 9.17) is 4.74 Å². The number of ether oxygens (including phenoxy) is 1. The number of hydrogen-bond acceptors (Lipinski definition) is 3. The molecule has 0 aliphatic heterocycles. The van der Waals surface area contributed by atoms with Crippen molar-refractivity contribution in [3.05, 3.63) is 59.6 Å². The molecule has 2 aromatic heterocycles. The van der Waals surface area contributed by atoms with Crippen LogP contribution in [-0.2, 0) is 6.54 Å². The number of methoxy groups -OCH3 is 1. The largest absolute Gasteiger partial charge is 0.497 e. The summed E-state index contributed by atoms with van der Waals surface area (Å²) < 4.78 is 7.18. The molecule has 0 radical (unpaired) electrons. The van der Waals surface area contributed by atoms with Crippen LogP contribution in [0.1, 0.15) is 5.56 Å². The number of thiophene rings is 1. The normalized spacial score (nSPS) is 10.6. The van der Waals surface area contributed by atoms with E-state index < -0.39 is 0 Å². The molecule has 2 heterocycles. The number of hydrogen-bond donors (Lipinski definition) is 0. The van der Waals surface area contributed by atoms with Crippen molar-refractivity contribution >= 4 is 11.3 Å². The number of nitrogens with zero attached hydrogens (tertiary/aromatic N) is 2. The SMILES string of the molecule is COc1cccc(Cn2ccc(-c3cccs3)n2)c1. The van der Waals surface area contributed by atoms with E-state index in [2.05, 4.69) is 22.6 Å². The second kappa shape index (κ2) is 5.28. The highest BCUT2D eigenvalue weighted by molar-refractivity contribution is 7.13.